The van der Waals surface area contributed by atoms with Crippen LogP contribution in [0.25, 0.3) is 0 Å². The second-order valence-corrected chi connectivity index (χ2v) is 7.25. The molecule has 0 radical (unpaired) electrons. The summed E-state index contributed by atoms with van der Waals surface area (Å²) in [6.07, 6.45) is 2.74. The third-order valence-electron chi connectivity index (χ3n) is 3.53. The highest BCUT2D eigenvalue weighted by Gasteiger charge is 2.28. The van der Waals surface area contributed by atoms with E-state index in [1.54, 1.807) is 25.2 Å². The third kappa shape index (κ3) is 3.48. The zero-order valence-electron chi connectivity index (χ0n) is 11.0. The van der Waals surface area contributed by atoms with Crippen LogP contribution in [0, 0.1) is 0 Å². The standard InChI is InChI=1S/C13H19ClN2O2S/c1-16(12-5-3-8-15-9-7-12)19(17,18)13-6-2-4-11(14)10-13/h2,4,6,10,12,15H,3,5,7-9H2,1H3. The van der Waals surface area contributed by atoms with Crippen molar-refractivity contribution in [3.05, 3.63) is 29.3 Å². The molecule has 0 bridgehead atoms. The van der Waals surface area contributed by atoms with Crippen LogP contribution in [0.1, 0.15) is 19.3 Å². The summed E-state index contributed by atoms with van der Waals surface area (Å²) in [5.41, 5.74) is 0. The van der Waals surface area contributed by atoms with Gasteiger partial charge in [0.1, 0.15) is 0 Å². The lowest BCUT2D eigenvalue weighted by Crippen LogP contribution is -2.37. The Morgan fingerprint density at radius 1 is 1.32 bits per heavy atom. The summed E-state index contributed by atoms with van der Waals surface area (Å²) in [6, 6.07) is 6.49. The van der Waals surface area contributed by atoms with Crippen molar-refractivity contribution in [2.75, 3.05) is 20.1 Å². The molecule has 1 aliphatic rings. The van der Waals surface area contributed by atoms with Crippen molar-refractivity contribution in [2.24, 2.45) is 0 Å². The first-order chi connectivity index (χ1) is 9.01. The molecule has 1 saturated heterocycles. The van der Waals surface area contributed by atoms with Crippen molar-refractivity contribution in [3.63, 3.8) is 0 Å². The predicted octanol–water partition coefficient (Wildman–Crippen LogP) is 2.10. The molecule has 6 heteroatoms. The summed E-state index contributed by atoms with van der Waals surface area (Å²) in [7, 11) is -1.80. The minimum Gasteiger partial charge on any atom is -0.317 e. The van der Waals surface area contributed by atoms with Gasteiger partial charge in [-0.3, -0.25) is 0 Å². The molecule has 1 aromatic rings. The number of hydrogen-bond acceptors (Lipinski definition) is 3. The van der Waals surface area contributed by atoms with E-state index in [2.05, 4.69) is 5.32 Å². The summed E-state index contributed by atoms with van der Waals surface area (Å²) in [4.78, 5) is 0.264. The first kappa shape index (κ1) is 14.8. The Morgan fingerprint density at radius 3 is 2.84 bits per heavy atom. The zero-order chi connectivity index (χ0) is 13.9. The number of nitrogens with zero attached hydrogens (tertiary/aromatic N) is 1. The van der Waals surface area contributed by atoms with Gasteiger partial charge in [0.15, 0.2) is 0 Å². The summed E-state index contributed by atoms with van der Waals surface area (Å²) in [6.45, 7) is 1.82. The van der Waals surface area contributed by atoms with Crippen LogP contribution in [0.15, 0.2) is 29.2 Å². The monoisotopic (exact) mass is 302 g/mol. The van der Waals surface area contributed by atoms with Gasteiger partial charge in [-0.25, -0.2) is 8.42 Å². The molecule has 19 heavy (non-hydrogen) atoms. The van der Waals surface area contributed by atoms with Gasteiger partial charge in [0.05, 0.1) is 4.90 Å². The van der Waals surface area contributed by atoms with E-state index in [9.17, 15) is 8.42 Å². The van der Waals surface area contributed by atoms with Crippen molar-refractivity contribution < 1.29 is 8.42 Å². The van der Waals surface area contributed by atoms with Crippen molar-refractivity contribution in [1.82, 2.24) is 9.62 Å². The minimum atomic E-state index is -3.46. The fraction of sp³-hybridized carbons (Fsp3) is 0.538. The molecule has 1 unspecified atom stereocenters. The van der Waals surface area contributed by atoms with E-state index < -0.39 is 10.0 Å². The van der Waals surface area contributed by atoms with Crippen molar-refractivity contribution in [1.29, 1.82) is 0 Å². The Hall–Kier alpha value is -0.620. The number of hydrogen-bond donors (Lipinski definition) is 1. The van der Waals surface area contributed by atoms with E-state index in [0.717, 1.165) is 32.4 Å². The van der Waals surface area contributed by atoms with Gasteiger partial charge in [-0.2, -0.15) is 4.31 Å². The Kier molecular flexibility index (Phi) is 4.84. The number of halogens is 1. The molecule has 2 rings (SSSR count). The lowest BCUT2D eigenvalue weighted by molar-refractivity contribution is 0.341. The van der Waals surface area contributed by atoms with Gasteiger partial charge in [-0.05, 0) is 50.6 Å². The zero-order valence-corrected chi connectivity index (χ0v) is 12.5. The van der Waals surface area contributed by atoms with Gasteiger partial charge in [-0.15, -0.1) is 0 Å². The molecule has 1 heterocycles. The van der Waals surface area contributed by atoms with Crippen LogP contribution in [-0.4, -0.2) is 38.9 Å². The molecule has 106 valence electrons. The van der Waals surface area contributed by atoms with Crippen LogP contribution < -0.4 is 5.32 Å². The van der Waals surface area contributed by atoms with Crippen molar-refractivity contribution in [2.45, 2.75) is 30.2 Å². The molecule has 0 amide bonds. The van der Waals surface area contributed by atoms with Gasteiger partial charge in [-0.1, -0.05) is 17.7 Å². The molecule has 4 nitrogen and oxygen atoms in total. The normalized spacial score (nSPS) is 21.3. The van der Waals surface area contributed by atoms with Gasteiger partial charge >= 0.3 is 0 Å². The highest BCUT2D eigenvalue weighted by atomic mass is 35.5. The number of rotatable bonds is 3. The van der Waals surface area contributed by atoms with E-state index >= 15 is 0 Å². The predicted molar refractivity (Wildman–Crippen MR) is 76.9 cm³/mol. The Labute approximate surface area is 119 Å². The fourth-order valence-corrected chi connectivity index (χ4v) is 4.07. The average molecular weight is 303 g/mol. The Balaban J connectivity index is 2.23. The second-order valence-electron chi connectivity index (χ2n) is 4.81. The van der Waals surface area contributed by atoms with Gasteiger partial charge in [0.25, 0.3) is 0 Å². The van der Waals surface area contributed by atoms with E-state index in [1.807, 2.05) is 0 Å². The molecule has 1 N–H and O–H groups in total. The maximum absolute atomic E-state index is 12.5. The van der Waals surface area contributed by atoms with Crippen LogP contribution >= 0.6 is 11.6 Å². The largest absolute Gasteiger partial charge is 0.317 e. The Morgan fingerprint density at radius 2 is 2.11 bits per heavy atom. The molecule has 1 atom stereocenters. The van der Waals surface area contributed by atoms with E-state index in [-0.39, 0.29) is 10.9 Å². The highest BCUT2D eigenvalue weighted by molar-refractivity contribution is 7.89. The molecular formula is C13H19ClN2O2S. The molecule has 0 saturated carbocycles. The average Bonchev–Trinajstić information content (AvgIpc) is 2.66. The molecule has 0 spiro atoms. The molecule has 1 aliphatic heterocycles. The van der Waals surface area contributed by atoms with Crippen molar-refractivity contribution in [3.8, 4) is 0 Å². The summed E-state index contributed by atoms with van der Waals surface area (Å²) in [5.74, 6) is 0. The maximum atomic E-state index is 12.5. The van der Waals surface area contributed by atoms with Crippen LogP contribution in [0.3, 0.4) is 0 Å². The number of sulfonamides is 1. The van der Waals surface area contributed by atoms with Gasteiger partial charge in [0, 0.05) is 18.1 Å². The molecular weight excluding hydrogens is 284 g/mol. The first-order valence-electron chi connectivity index (χ1n) is 6.46. The molecule has 1 fully saturated rings. The lowest BCUT2D eigenvalue weighted by atomic mass is 10.1. The fourth-order valence-electron chi connectivity index (χ4n) is 2.35. The van der Waals surface area contributed by atoms with Crippen molar-refractivity contribution >= 4 is 21.6 Å². The van der Waals surface area contributed by atoms with E-state index in [0.29, 0.717) is 5.02 Å². The first-order valence-corrected chi connectivity index (χ1v) is 8.28. The topological polar surface area (TPSA) is 49.4 Å². The van der Waals surface area contributed by atoms with E-state index in [1.165, 1.54) is 10.4 Å². The Bertz CT molecular complexity index is 525. The second kappa shape index (κ2) is 6.22. The summed E-state index contributed by atoms with van der Waals surface area (Å²) >= 11 is 5.87. The van der Waals surface area contributed by atoms with Gasteiger partial charge in [0.2, 0.25) is 10.0 Å². The quantitative estimate of drug-likeness (QED) is 0.930. The highest BCUT2D eigenvalue weighted by Crippen LogP contribution is 2.23. The number of nitrogens with one attached hydrogen (secondary N) is 1. The minimum absolute atomic E-state index is 0.0546. The molecule has 0 aromatic heterocycles. The molecule has 1 aromatic carbocycles. The maximum Gasteiger partial charge on any atom is 0.243 e. The smallest absolute Gasteiger partial charge is 0.243 e. The van der Waals surface area contributed by atoms with Crippen LogP contribution in [0.5, 0.6) is 0 Å². The molecule has 0 aliphatic carbocycles. The third-order valence-corrected chi connectivity index (χ3v) is 5.67. The SMILES string of the molecule is CN(C1CCCNCC1)S(=O)(=O)c1cccc(Cl)c1. The van der Waals surface area contributed by atoms with Crippen LogP contribution in [-0.2, 0) is 10.0 Å². The van der Waals surface area contributed by atoms with Crippen LogP contribution in [0.4, 0.5) is 0 Å². The summed E-state index contributed by atoms with van der Waals surface area (Å²) < 4.78 is 26.6. The lowest BCUT2D eigenvalue weighted by Gasteiger charge is -2.26. The number of benzene rings is 1. The van der Waals surface area contributed by atoms with E-state index in [4.69, 9.17) is 11.6 Å². The van der Waals surface area contributed by atoms with Crippen LogP contribution in [0.2, 0.25) is 5.02 Å². The summed E-state index contributed by atoms with van der Waals surface area (Å²) in [5, 5.41) is 3.73. The van der Waals surface area contributed by atoms with Gasteiger partial charge < -0.3 is 5.32 Å².